The van der Waals surface area contributed by atoms with Crippen LogP contribution in [0.4, 0.5) is 0 Å². The second-order valence-corrected chi connectivity index (χ2v) is 11.4. The van der Waals surface area contributed by atoms with Crippen molar-refractivity contribution in [2.75, 3.05) is 13.7 Å². The Labute approximate surface area is 253 Å². The lowest BCUT2D eigenvalue weighted by molar-refractivity contribution is -0.151. The molecule has 1 atom stereocenters. The molecular formula is C28H26Cl2N4O7S. The molecule has 0 radical (unpaired) electrons. The zero-order valence-corrected chi connectivity index (χ0v) is 25.0. The van der Waals surface area contributed by atoms with Gasteiger partial charge >= 0.3 is 17.6 Å². The molecule has 0 amide bonds. The van der Waals surface area contributed by atoms with E-state index in [4.69, 9.17) is 37.7 Å². The van der Waals surface area contributed by atoms with Gasteiger partial charge in [0.05, 0.1) is 18.5 Å². The molecule has 2 N–H and O–H groups in total. The Morgan fingerprint density at radius 1 is 1.14 bits per heavy atom. The van der Waals surface area contributed by atoms with Crippen LogP contribution in [0.15, 0.2) is 58.3 Å². The van der Waals surface area contributed by atoms with E-state index in [0.717, 1.165) is 22.2 Å². The first-order chi connectivity index (χ1) is 20.0. The van der Waals surface area contributed by atoms with Crippen molar-refractivity contribution in [1.82, 2.24) is 19.7 Å². The van der Waals surface area contributed by atoms with E-state index in [1.165, 1.54) is 19.2 Å². The number of esters is 2. The van der Waals surface area contributed by atoms with Gasteiger partial charge in [0, 0.05) is 33.2 Å². The standard InChI is InChI=1S/C28H26Cl2N4O7S/c1-28(2,21-17(29)12-16(13-18(21)30)34-27(39)32-20(36)14-31-34)26-33-22(15-8-5-4-6-9-15)23(42-26)25(38)41-19(10-7-11-35)24(37)40-3/h4-6,8-9,12-14,19,35H,7,10-11H2,1-3H3,(H,32,36,39). The number of rotatable bonds is 10. The number of hydrogen-bond donors (Lipinski definition) is 2. The number of methoxy groups -OCH3 is 1. The molecule has 42 heavy (non-hydrogen) atoms. The quantitative estimate of drug-likeness (QED) is 0.245. The number of benzene rings is 2. The zero-order valence-electron chi connectivity index (χ0n) is 22.7. The van der Waals surface area contributed by atoms with E-state index < -0.39 is 34.7 Å². The number of nitrogens with one attached hydrogen (secondary N) is 1. The van der Waals surface area contributed by atoms with E-state index in [0.29, 0.717) is 21.8 Å². The van der Waals surface area contributed by atoms with Gasteiger partial charge in [-0.2, -0.15) is 9.78 Å². The highest BCUT2D eigenvalue weighted by atomic mass is 35.5. The summed E-state index contributed by atoms with van der Waals surface area (Å²) in [6, 6.07) is 12.0. The van der Waals surface area contributed by atoms with Crippen LogP contribution in [0, 0.1) is 0 Å². The third kappa shape index (κ3) is 6.46. The number of H-pyrrole nitrogens is 1. The van der Waals surface area contributed by atoms with Gasteiger partial charge in [-0.05, 0) is 38.8 Å². The Kier molecular flexibility index (Phi) is 9.62. The molecule has 0 aliphatic heterocycles. The van der Waals surface area contributed by atoms with Crippen molar-refractivity contribution in [2.45, 2.75) is 38.2 Å². The van der Waals surface area contributed by atoms with Gasteiger partial charge in [-0.25, -0.2) is 19.4 Å². The lowest BCUT2D eigenvalue weighted by Gasteiger charge is -2.25. The molecule has 0 spiro atoms. The smallest absolute Gasteiger partial charge is 0.351 e. The lowest BCUT2D eigenvalue weighted by Crippen LogP contribution is -2.30. The van der Waals surface area contributed by atoms with Gasteiger partial charge in [-0.3, -0.25) is 9.78 Å². The van der Waals surface area contributed by atoms with Crippen molar-refractivity contribution in [3.63, 3.8) is 0 Å². The number of aliphatic hydroxyl groups is 1. The van der Waals surface area contributed by atoms with Crippen molar-refractivity contribution >= 4 is 46.5 Å². The minimum atomic E-state index is -1.21. The molecule has 1 unspecified atom stereocenters. The van der Waals surface area contributed by atoms with Crippen LogP contribution in [0.5, 0.6) is 0 Å². The molecule has 4 aromatic rings. The summed E-state index contributed by atoms with van der Waals surface area (Å²) < 4.78 is 11.3. The summed E-state index contributed by atoms with van der Waals surface area (Å²) in [4.78, 5) is 56.5. The summed E-state index contributed by atoms with van der Waals surface area (Å²) in [5.41, 5.74) is -0.685. The van der Waals surface area contributed by atoms with E-state index in [9.17, 15) is 24.3 Å². The molecule has 2 aromatic heterocycles. The predicted molar refractivity (Wildman–Crippen MR) is 158 cm³/mol. The molecule has 0 fully saturated rings. The topological polar surface area (TPSA) is 153 Å². The second-order valence-electron chi connectivity index (χ2n) is 9.61. The van der Waals surface area contributed by atoms with Gasteiger partial charge in [0.2, 0.25) is 0 Å². The fourth-order valence-corrected chi connectivity index (χ4v) is 6.28. The van der Waals surface area contributed by atoms with Crippen LogP contribution in [0.1, 0.15) is 46.9 Å². The zero-order chi connectivity index (χ0) is 30.6. The maximum absolute atomic E-state index is 13.5. The number of thiazole rings is 1. The molecule has 0 saturated carbocycles. The molecule has 11 nitrogen and oxygen atoms in total. The number of hydrogen-bond acceptors (Lipinski definition) is 10. The van der Waals surface area contributed by atoms with Gasteiger partial charge in [0.25, 0.3) is 5.56 Å². The third-order valence-electron chi connectivity index (χ3n) is 6.34. The number of halogens is 2. The number of nitrogens with zero attached hydrogens (tertiary/aromatic N) is 3. The van der Waals surface area contributed by atoms with Crippen molar-refractivity contribution in [3.8, 4) is 16.9 Å². The first-order valence-electron chi connectivity index (χ1n) is 12.6. The number of ether oxygens (including phenoxy) is 2. The van der Waals surface area contributed by atoms with E-state index in [1.54, 1.807) is 24.3 Å². The van der Waals surface area contributed by atoms with E-state index in [1.807, 2.05) is 19.9 Å². The van der Waals surface area contributed by atoms with Crippen molar-refractivity contribution in [1.29, 1.82) is 0 Å². The minimum Gasteiger partial charge on any atom is -0.466 e. The first-order valence-corrected chi connectivity index (χ1v) is 14.2. The minimum absolute atomic E-state index is 0.0809. The first kappa shape index (κ1) is 31.1. The van der Waals surface area contributed by atoms with E-state index in [-0.39, 0.29) is 40.1 Å². The summed E-state index contributed by atoms with van der Waals surface area (Å²) in [6.07, 6.45) is 0.0556. The van der Waals surface area contributed by atoms with Crippen LogP contribution in [0.25, 0.3) is 16.9 Å². The second kappa shape index (κ2) is 13.0. The van der Waals surface area contributed by atoms with E-state index >= 15 is 0 Å². The normalized spacial score (nSPS) is 12.1. The average Bonchev–Trinajstić information content (AvgIpc) is 3.41. The molecule has 2 aromatic carbocycles. The highest BCUT2D eigenvalue weighted by molar-refractivity contribution is 7.14. The number of aliphatic hydroxyl groups excluding tert-OH is 1. The summed E-state index contributed by atoms with van der Waals surface area (Å²) in [5.74, 6) is -1.52. The van der Waals surface area contributed by atoms with Crippen LogP contribution in [0.3, 0.4) is 0 Å². The fraction of sp³-hybridized carbons (Fsp3) is 0.286. The monoisotopic (exact) mass is 632 g/mol. The van der Waals surface area contributed by atoms with Crippen LogP contribution < -0.4 is 11.2 Å². The highest BCUT2D eigenvalue weighted by Crippen LogP contribution is 2.44. The maximum Gasteiger partial charge on any atom is 0.351 e. The van der Waals surface area contributed by atoms with Gasteiger partial charge in [0.15, 0.2) is 6.10 Å². The summed E-state index contributed by atoms with van der Waals surface area (Å²) in [7, 11) is 1.19. The molecule has 14 heteroatoms. The molecule has 0 aliphatic rings. The Morgan fingerprint density at radius 3 is 2.40 bits per heavy atom. The van der Waals surface area contributed by atoms with Crippen LogP contribution >= 0.6 is 34.5 Å². The Bertz CT molecular complexity index is 1710. The summed E-state index contributed by atoms with van der Waals surface area (Å²) >= 11 is 14.5. The molecule has 0 saturated heterocycles. The molecule has 0 bridgehead atoms. The lowest BCUT2D eigenvalue weighted by atomic mass is 9.85. The fourth-order valence-electron chi connectivity index (χ4n) is 4.26. The van der Waals surface area contributed by atoms with Crippen LogP contribution in [-0.4, -0.2) is 56.6 Å². The highest BCUT2D eigenvalue weighted by Gasteiger charge is 2.36. The van der Waals surface area contributed by atoms with Crippen molar-refractivity contribution in [2.24, 2.45) is 0 Å². The predicted octanol–water partition coefficient (Wildman–Crippen LogP) is 4.15. The van der Waals surface area contributed by atoms with Crippen LogP contribution in [0.2, 0.25) is 10.0 Å². The van der Waals surface area contributed by atoms with Crippen LogP contribution in [-0.2, 0) is 19.7 Å². The average molecular weight is 634 g/mol. The molecular weight excluding hydrogens is 607 g/mol. The summed E-state index contributed by atoms with van der Waals surface area (Å²) in [5, 5.41) is 13.9. The molecule has 2 heterocycles. The molecule has 0 aliphatic carbocycles. The summed E-state index contributed by atoms with van der Waals surface area (Å²) in [6.45, 7) is 3.46. The number of aromatic nitrogens is 4. The van der Waals surface area contributed by atoms with Crippen molar-refractivity contribution < 1.29 is 24.2 Å². The maximum atomic E-state index is 13.5. The molecule has 220 valence electrons. The van der Waals surface area contributed by atoms with Gasteiger partial charge in [-0.1, -0.05) is 53.5 Å². The largest absolute Gasteiger partial charge is 0.466 e. The number of carbonyl (C=O) groups excluding carboxylic acids is 2. The molecule has 4 rings (SSSR count). The Morgan fingerprint density at radius 2 is 1.81 bits per heavy atom. The Balaban J connectivity index is 1.79. The Hall–Kier alpha value is -3.84. The number of aromatic amines is 1. The van der Waals surface area contributed by atoms with E-state index in [2.05, 4.69) is 10.1 Å². The number of carbonyl (C=O) groups is 2. The van der Waals surface area contributed by atoms with Gasteiger partial charge < -0.3 is 14.6 Å². The van der Waals surface area contributed by atoms with Gasteiger partial charge in [0.1, 0.15) is 16.1 Å². The van der Waals surface area contributed by atoms with Crippen molar-refractivity contribution in [3.05, 3.63) is 95.0 Å². The SMILES string of the molecule is COC(=O)C(CCCO)OC(=O)c1sc(C(C)(C)c2c(Cl)cc(-n3ncc(=O)[nH]c3=O)cc2Cl)nc1-c1ccccc1. The van der Waals surface area contributed by atoms with Gasteiger partial charge in [-0.15, -0.1) is 11.3 Å². The third-order valence-corrected chi connectivity index (χ3v) is 8.30.